The molecule has 1 aromatic carbocycles. The average Bonchev–Trinajstić information content (AvgIpc) is 3.17. The number of hydrogen-bond acceptors (Lipinski definition) is 3. The zero-order valence-corrected chi connectivity index (χ0v) is 13.4. The predicted molar refractivity (Wildman–Crippen MR) is 89.3 cm³/mol. The largest absolute Gasteiger partial charge is 0.333 e. The third-order valence-corrected chi connectivity index (χ3v) is 3.96. The van der Waals surface area contributed by atoms with E-state index in [1.807, 2.05) is 48.3 Å². The molecule has 1 saturated heterocycles. The minimum Gasteiger partial charge on any atom is -0.333 e. The van der Waals surface area contributed by atoms with E-state index in [0.717, 1.165) is 37.2 Å². The van der Waals surface area contributed by atoms with Gasteiger partial charge in [0.25, 0.3) is 5.91 Å². The number of amides is 1. The van der Waals surface area contributed by atoms with E-state index in [1.165, 1.54) is 0 Å². The van der Waals surface area contributed by atoms with Crippen LogP contribution in [0.3, 0.4) is 0 Å². The van der Waals surface area contributed by atoms with Gasteiger partial charge in [0.2, 0.25) is 0 Å². The molecule has 2 aromatic rings. The summed E-state index contributed by atoms with van der Waals surface area (Å²) in [6.07, 6.45) is 2.13. The third-order valence-electron chi connectivity index (χ3n) is 3.96. The van der Waals surface area contributed by atoms with Crippen molar-refractivity contribution in [3.8, 4) is 11.3 Å². The van der Waals surface area contributed by atoms with Crippen LogP contribution in [0.5, 0.6) is 0 Å². The van der Waals surface area contributed by atoms with E-state index >= 15 is 0 Å². The lowest BCUT2D eigenvalue weighted by Gasteiger charge is -2.23. The topological polar surface area (TPSA) is 61.0 Å². The van der Waals surface area contributed by atoms with Gasteiger partial charge < -0.3 is 10.2 Å². The molecule has 1 aliphatic heterocycles. The van der Waals surface area contributed by atoms with Crippen LogP contribution in [-0.4, -0.2) is 47.2 Å². The van der Waals surface area contributed by atoms with E-state index in [9.17, 15) is 4.79 Å². The third kappa shape index (κ3) is 3.31. The van der Waals surface area contributed by atoms with Crippen LogP contribution in [0.4, 0.5) is 0 Å². The summed E-state index contributed by atoms with van der Waals surface area (Å²) in [6.45, 7) is 1.66. The number of aromatic nitrogens is 2. The fraction of sp³-hybridized carbons (Fsp3) is 0.375. The Kier molecular flexibility index (Phi) is 5.57. The molecule has 5 nitrogen and oxygen atoms in total. The standard InChI is InChI=1S/C16H20N4O.ClH/c1-17-11-13-8-5-9-20(13)16(21)15-10-14(18-19-15)12-6-3-2-4-7-12;/h2-4,6-7,10,13,17H,5,8-9,11H2,1H3,(H,18,19);1H. The van der Waals surface area contributed by atoms with Crippen LogP contribution in [-0.2, 0) is 0 Å². The Labute approximate surface area is 136 Å². The van der Waals surface area contributed by atoms with Gasteiger partial charge in [0.05, 0.1) is 5.69 Å². The molecule has 2 heterocycles. The summed E-state index contributed by atoms with van der Waals surface area (Å²) in [5.41, 5.74) is 2.39. The second-order valence-electron chi connectivity index (χ2n) is 5.39. The quantitative estimate of drug-likeness (QED) is 0.909. The molecule has 1 fully saturated rings. The van der Waals surface area contributed by atoms with Gasteiger partial charge in [-0.2, -0.15) is 5.10 Å². The number of likely N-dealkylation sites (tertiary alicyclic amines) is 1. The highest BCUT2D eigenvalue weighted by atomic mass is 35.5. The zero-order valence-electron chi connectivity index (χ0n) is 12.6. The lowest BCUT2D eigenvalue weighted by molar-refractivity contribution is 0.0731. The van der Waals surface area contributed by atoms with Crippen molar-refractivity contribution in [2.24, 2.45) is 0 Å². The van der Waals surface area contributed by atoms with Gasteiger partial charge in [-0.1, -0.05) is 30.3 Å². The lowest BCUT2D eigenvalue weighted by Crippen LogP contribution is -2.41. The highest BCUT2D eigenvalue weighted by molar-refractivity contribution is 5.93. The fourth-order valence-corrected chi connectivity index (χ4v) is 2.89. The number of nitrogens with zero attached hydrogens (tertiary/aromatic N) is 2. The molecule has 2 N–H and O–H groups in total. The van der Waals surface area contributed by atoms with Crippen molar-refractivity contribution in [1.82, 2.24) is 20.4 Å². The van der Waals surface area contributed by atoms with E-state index in [2.05, 4.69) is 15.5 Å². The molecule has 6 heteroatoms. The van der Waals surface area contributed by atoms with E-state index in [0.29, 0.717) is 5.69 Å². The summed E-state index contributed by atoms with van der Waals surface area (Å²) in [4.78, 5) is 14.5. The van der Waals surface area contributed by atoms with Crippen LogP contribution >= 0.6 is 12.4 Å². The molecule has 0 radical (unpaired) electrons. The summed E-state index contributed by atoms with van der Waals surface area (Å²) in [5.74, 6) is 0.0439. The van der Waals surface area contributed by atoms with Crippen molar-refractivity contribution in [3.63, 3.8) is 0 Å². The molecule has 22 heavy (non-hydrogen) atoms. The van der Waals surface area contributed by atoms with Gasteiger partial charge in [-0.3, -0.25) is 9.89 Å². The number of hydrogen-bond donors (Lipinski definition) is 2. The predicted octanol–water partition coefficient (Wildman–Crippen LogP) is 2.32. The Morgan fingerprint density at radius 2 is 2.18 bits per heavy atom. The summed E-state index contributed by atoms with van der Waals surface area (Å²) in [7, 11) is 1.92. The van der Waals surface area contributed by atoms with Crippen molar-refractivity contribution < 1.29 is 4.79 Å². The second-order valence-corrected chi connectivity index (χ2v) is 5.39. The maximum Gasteiger partial charge on any atom is 0.272 e. The summed E-state index contributed by atoms with van der Waals surface area (Å²) in [5, 5.41) is 10.3. The Balaban J connectivity index is 0.00000176. The first kappa shape index (κ1) is 16.5. The molecule has 0 bridgehead atoms. The summed E-state index contributed by atoms with van der Waals surface area (Å²) >= 11 is 0. The smallest absolute Gasteiger partial charge is 0.272 e. The molecule has 0 saturated carbocycles. The average molecular weight is 321 g/mol. The maximum atomic E-state index is 12.6. The molecule has 1 aliphatic rings. The Morgan fingerprint density at radius 1 is 1.41 bits per heavy atom. The van der Waals surface area contributed by atoms with E-state index in [4.69, 9.17) is 0 Å². The highest BCUT2D eigenvalue weighted by Crippen LogP contribution is 2.22. The molecule has 118 valence electrons. The molecule has 1 aromatic heterocycles. The van der Waals surface area contributed by atoms with Crippen LogP contribution < -0.4 is 5.32 Å². The van der Waals surface area contributed by atoms with Crippen LogP contribution in [0, 0.1) is 0 Å². The van der Waals surface area contributed by atoms with Gasteiger partial charge in [0, 0.05) is 24.7 Å². The van der Waals surface area contributed by atoms with Gasteiger partial charge in [-0.25, -0.2) is 0 Å². The first-order valence-corrected chi connectivity index (χ1v) is 7.36. The molecule has 1 unspecified atom stereocenters. The Hall–Kier alpha value is -1.85. The zero-order chi connectivity index (χ0) is 14.7. The van der Waals surface area contributed by atoms with Crippen LogP contribution in [0.15, 0.2) is 36.4 Å². The van der Waals surface area contributed by atoms with Gasteiger partial charge in [-0.15, -0.1) is 12.4 Å². The molecule has 3 rings (SSSR count). The number of likely N-dealkylation sites (N-methyl/N-ethyl adjacent to an activating group) is 1. The Morgan fingerprint density at radius 3 is 2.91 bits per heavy atom. The number of benzene rings is 1. The van der Waals surface area contributed by atoms with Crippen molar-refractivity contribution in [2.45, 2.75) is 18.9 Å². The lowest BCUT2D eigenvalue weighted by atomic mass is 10.1. The SMILES string of the molecule is CNCC1CCCN1C(=O)c1cc(-c2ccccc2)n[nH]1.Cl. The van der Waals surface area contributed by atoms with Crippen LogP contribution in [0.1, 0.15) is 23.3 Å². The number of halogens is 1. The molecule has 0 aliphatic carbocycles. The first-order chi connectivity index (χ1) is 10.3. The normalized spacial score (nSPS) is 17.3. The second kappa shape index (κ2) is 7.42. The monoisotopic (exact) mass is 320 g/mol. The number of H-pyrrole nitrogens is 1. The van der Waals surface area contributed by atoms with E-state index in [1.54, 1.807) is 0 Å². The maximum absolute atomic E-state index is 12.6. The highest BCUT2D eigenvalue weighted by Gasteiger charge is 2.29. The molecular weight excluding hydrogens is 300 g/mol. The van der Waals surface area contributed by atoms with E-state index < -0.39 is 0 Å². The molecule has 1 amide bonds. The van der Waals surface area contributed by atoms with Crippen molar-refractivity contribution >= 4 is 18.3 Å². The summed E-state index contributed by atoms with van der Waals surface area (Å²) < 4.78 is 0. The molecule has 1 atom stereocenters. The number of carbonyl (C=O) groups excluding carboxylic acids is 1. The van der Waals surface area contributed by atoms with Gasteiger partial charge in [0.15, 0.2) is 0 Å². The number of rotatable bonds is 4. The fourth-order valence-electron chi connectivity index (χ4n) is 2.89. The summed E-state index contributed by atoms with van der Waals surface area (Å²) in [6, 6.07) is 12.0. The minimum absolute atomic E-state index is 0. The van der Waals surface area contributed by atoms with Gasteiger partial charge in [0.1, 0.15) is 5.69 Å². The van der Waals surface area contributed by atoms with Crippen LogP contribution in [0.25, 0.3) is 11.3 Å². The van der Waals surface area contributed by atoms with Crippen molar-refractivity contribution in [3.05, 3.63) is 42.1 Å². The van der Waals surface area contributed by atoms with Gasteiger partial charge >= 0.3 is 0 Å². The number of carbonyl (C=O) groups is 1. The number of aromatic amines is 1. The van der Waals surface area contributed by atoms with E-state index in [-0.39, 0.29) is 24.4 Å². The van der Waals surface area contributed by atoms with Crippen molar-refractivity contribution in [1.29, 1.82) is 0 Å². The first-order valence-electron chi connectivity index (χ1n) is 7.36. The van der Waals surface area contributed by atoms with Crippen LogP contribution in [0.2, 0.25) is 0 Å². The molecular formula is C16H21ClN4O. The van der Waals surface area contributed by atoms with Crippen molar-refractivity contribution in [2.75, 3.05) is 20.1 Å². The van der Waals surface area contributed by atoms with Gasteiger partial charge in [-0.05, 0) is 26.0 Å². The minimum atomic E-state index is 0. The number of nitrogens with one attached hydrogen (secondary N) is 2. The molecule has 0 spiro atoms. The Bertz CT molecular complexity index is 614.